The Morgan fingerprint density at radius 2 is 1.38 bits per heavy atom. The predicted molar refractivity (Wildman–Crippen MR) is 123 cm³/mol. The Bertz CT molecular complexity index is 719. The van der Waals surface area contributed by atoms with Gasteiger partial charge in [0.2, 0.25) is 15.9 Å². The van der Waals surface area contributed by atoms with Crippen LogP contribution in [-0.4, -0.2) is 19.4 Å². The van der Waals surface area contributed by atoms with E-state index in [1.807, 2.05) is 0 Å². The molecule has 8 heteroatoms. The molecule has 0 atom stereocenters. The molecule has 0 heterocycles. The van der Waals surface area contributed by atoms with Gasteiger partial charge in [0.15, 0.2) is 5.11 Å². The summed E-state index contributed by atoms with van der Waals surface area (Å²) in [6.45, 7) is 2.24. The molecule has 0 saturated heterocycles. The minimum Gasteiger partial charge on any atom is -0.332 e. The Morgan fingerprint density at radius 1 is 0.897 bits per heavy atom. The predicted octanol–water partition coefficient (Wildman–Crippen LogP) is 4.85. The van der Waals surface area contributed by atoms with E-state index < -0.39 is 10.0 Å². The molecule has 0 fully saturated rings. The van der Waals surface area contributed by atoms with Gasteiger partial charge in [-0.25, -0.2) is 13.6 Å². The van der Waals surface area contributed by atoms with Gasteiger partial charge in [-0.1, -0.05) is 71.1 Å². The lowest BCUT2D eigenvalue weighted by Gasteiger charge is -2.10. The molecule has 0 aliphatic rings. The van der Waals surface area contributed by atoms with Crippen LogP contribution in [0.15, 0.2) is 29.2 Å². The lowest BCUT2D eigenvalue weighted by atomic mass is 10.1. The fraction of sp³-hybridized carbons (Fsp3) is 0.619. The second-order valence-corrected chi connectivity index (χ2v) is 9.33. The van der Waals surface area contributed by atoms with E-state index in [9.17, 15) is 13.2 Å². The largest absolute Gasteiger partial charge is 0.332 e. The number of carbonyl (C=O) groups is 1. The highest BCUT2D eigenvalue weighted by molar-refractivity contribution is 7.89. The van der Waals surface area contributed by atoms with Crippen LogP contribution in [0.2, 0.25) is 0 Å². The summed E-state index contributed by atoms with van der Waals surface area (Å²) in [5, 5.41) is 10.8. The Morgan fingerprint density at radius 3 is 1.86 bits per heavy atom. The molecular formula is C21H35N3O3S2. The molecule has 0 bridgehead atoms. The molecule has 6 nitrogen and oxygen atoms in total. The highest BCUT2D eigenvalue weighted by Crippen LogP contribution is 2.13. The van der Waals surface area contributed by atoms with Gasteiger partial charge in [-0.15, -0.1) is 0 Å². The van der Waals surface area contributed by atoms with E-state index in [1.54, 1.807) is 12.1 Å². The SMILES string of the molecule is CCCCCCCCCCCCCC(=O)NC(=S)Nc1ccc(S(N)(=O)=O)cc1. The maximum Gasteiger partial charge on any atom is 0.238 e. The van der Waals surface area contributed by atoms with Gasteiger partial charge >= 0.3 is 0 Å². The van der Waals surface area contributed by atoms with Gasteiger partial charge in [0, 0.05) is 12.1 Å². The van der Waals surface area contributed by atoms with Gasteiger partial charge < -0.3 is 10.6 Å². The van der Waals surface area contributed by atoms with Crippen molar-refractivity contribution in [2.75, 3.05) is 5.32 Å². The molecule has 0 spiro atoms. The number of nitrogens with two attached hydrogens (primary N) is 1. The molecule has 0 aliphatic carbocycles. The average Bonchev–Trinajstić information content (AvgIpc) is 2.65. The zero-order valence-electron chi connectivity index (χ0n) is 17.4. The number of unbranched alkanes of at least 4 members (excludes halogenated alkanes) is 10. The topological polar surface area (TPSA) is 101 Å². The van der Waals surface area contributed by atoms with Crippen molar-refractivity contribution in [1.29, 1.82) is 0 Å². The lowest BCUT2D eigenvalue weighted by molar-refractivity contribution is -0.119. The molecule has 1 rings (SSSR count). The highest BCUT2D eigenvalue weighted by Gasteiger charge is 2.08. The van der Waals surface area contributed by atoms with Gasteiger partial charge in [-0.2, -0.15) is 0 Å². The standard InChI is InChI=1S/C21H35N3O3S2/c1-2-3-4-5-6-7-8-9-10-11-12-13-20(25)24-21(28)23-18-14-16-19(17-15-18)29(22,26)27/h14-17H,2-13H2,1H3,(H2,22,26,27)(H2,23,24,25,28). The van der Waals surface area contributed by atoms with Crippen LogP contribution in [0.1, 0.15) is 84.0 Å². The molecule has 1 aromatic rings. The molecule has 0 aliphatic heterocycles. The Kier molecular flexibility index (Phi) is 12.7. The van der Waals surface area contributed by atoms with Crippen LogP contribution in [0.4, 0.5) is 5.69 Å². The molecule has 1 amide bonds. The summed E-state index contributed by atoms with van der Waals surface area (Å²) in [5.74, 6) is -0.111. The van der Waals surface area contributed by atoms with Crippen LogP contribution in [0.3, 0.4) is 0 Å². The molecule has 0 unspecified atom stereocenters. The van der Waals surface area contributed by atoms with E-state index in [2.05, 4.69) is 17.6 Å². The van der Waals surface area contributed by atoms with Crippen molar-refractivity contribution in [2.45, 2.75) is 88.9 Å². The zero-order valence-corrected chi connectivity index (χ0v) is 19.0. The van der Waals surface area contributed by atoms with Crippen LogP contribution >= 0.6 is 12.2 Å². The summed E-state index contributed by atoms with van der Waals surface area (Å²) in [7, 11) is -3.72. The molecule has 1 aromatic carbocycles. The maximum atomic E-state index is 12.0. The second kappa shape index (κ2) is 14.5. The van der Waals surface area contributed by atoms with Crippen molar-refractivity contribution in [3.63, 3.8) is 0 Å². The van der Waals surface area contributed by atoms with Gasteiger partial charge in [0.25, 0.3) is 0 Å². The third-order valence-corrected chi connectivity index (χ3v) is 5.83. The summed E-state index contributed by atoms with van der Waals surface area (Å²) in [4.78, 5) is 12.0. The van der Waals surface area contributed by atoms with Crippen LogP contribution in [0, 0.1) is 0 Å². The normalized spacial score (nSPS) is 11.2. The van der Waals surface area contributed by atoms with Gasteiger partial charge in [-0.3, -0.25) is 4.79 Å². The number of carbonyl (C=O) groups excluding carboxylic acids is 1. The van der Waals surface area contributed by atoms with Crippen LogP contribution < -0.4 is 15.8 Å². The first kappa shape index (κ1) is 25.5. The van der Waals surface area contributed by atoms with Gasteiger partial charge in [0.1, 0.15) is 0 Å². The van der Waals surface area contributed by atoms with Gasteiger partial charge in [-0.05, 0) is 42.9 Å². The van der Waals surface area contributed by atoms with Crippen molar-refractivity contribution >= 4 is 38.9 Å². The van der Waals surface area contributed by atoms with Crippen molar-refractivity contribution in [3.8, 4) is 0 Å². The minimum absolute atomic E-state index is 0.0227. The highest BCUT2D eigenvalue weighted by atomic mass is 32.2. The first-order valence-electron chi connectivity index (χ1n) is 10.6. The maximum absolute atomic E-state index is 12.0. The van der Waals surface area contributed by atoms with Crippen LogP contribution in [0.5, 0.6) is 0 Å². The van der Waals surface area contributed by atoms with E-state index in [4.69, 9.17) is 17.4 Å². The summed E-state index contributed by atoms with van der Waals surface area (Å²) >= 11 is 5.12. The monoisotopic (exact) mass is 441 g/mol. The number of benzene rings is 1. The fourth-order valence-electron chi connectivity index (χ4n) is 3.03. The number of nitrogens with one attached hydrogen (secondary N) is 2. The van der Waals surface area contributed by atoms with E-state index in [-0.39, 0.29) is 15.9 Å². The van der Waals surface area contributed by atoms with E-state index in [0.717, 1.165) is 12.8 Å². The molecule has 0 saturated carbocycles. The molecule has 29 heavy (non-hydrogen) atoms. The summed E-state index contributed by atoms with van der Waals surface area (Å²) < 4.78 is 22.5. The van der Waals surface area contributed by atoms with Crippen molar-refractivity contribution < 1.29 is 13.2 Å². The van der Waals surface area contributed by atoms with E-state index >= 15 is 0 Å². The summed E-state index contributed by atoms with van der Waals surface area (Å²) in [6, 6.07) is 5.85. The first-order chi connectivity index (χ1) is 13.8. The van der Waals surface area contributed by atoms with Crippen molar-refractivity contribution in [3.05, 3.63) is 24.3 Å². The number of rotatable bonds is 14. The van der Waals surface area contributed by atoms with Crippen LogP contribution in [-0.2, 0) is 14.8 Å². The van der Waals surface area contributed by atoms with Crippen molar-refractivity contribution in [2.24, 2.45) is 5.14 Å². The fourth-order valence-corrected chi connectivity index (χ4v) is 3.78. The molecule has 0 aromatic heterocycles. The number of amides is 1. The average molecular weight is 442 g/mol. The smallest absolute Gasteiger partial charge is 0.238 e. The number of hydrogen-bond donors (Lipinski definition) is 3. The number of sulfonamides is 1. The number of thiocarbonyl (C=S) groups is 1. The molecule has 4 N–H and O–H groups in total. The minimum atomic E-state index is -3.72. The number of anilines is 1. The zero-order chi connectivity index (χ0) is 21.5. The number of primary sulfonamides is 1. The number of hydrogen-bond acceptors (Lipinski definition) is 4. The quantitative estimate of drug-likeness (QED) is 0.283. The lowest BCUT2D eigenvalue weighted by Crippen LogP contribution is -2.33. The molecular weight excluding hydrogens is 406 g/mol. The van der Waals surface area contributed by atoms with Crippen molar-refractivity contribution in [1.82, 2.24) is 5.32 Å². The third kappa shape index (κ3) is 12.6. The Hall–Kier alpha value is -1.51. The second-order valence-electron chi connectivity index (χ2n) is 7.36. The van der Waals surface area contributed by atoms with E-state index in [0.29, 0.717) is 12.1 Å². The van der Waals surface area contributed by atoms with Gasteiger partial charge in [0.05, 0.1) is 4.90 Å². The summed E-state index contributed by atoms with van der Waals surface area (Å²) in [6.07, 6.45) is 14.1. The Balaban J connectivity index is 2.09. The third-order valence-electron chi connectivity index (χ3n) is 4.70. The first-order valence-corrected chi connectivity index (χ1v) is 12.5. The Labute approximate surface area is 181 Å². The molecule has 0 radical (unpaired) electrons. The van der Waals surface area contributed by atoms with Crippen LogP contribution in [0.25, 0.3) is 0 Å². The summed E-state index contributed by atoms with van der Waals surface area (Å²) in [5.41, 5.74) is 0.581. The molecule has 164 valence electrons. The van der Waals surface area contributed by atoms with E-state index in [1.165, 1.54) is 69.9 Å².